The molecule has 3 aliphatic rings. The Morgan fingerprint density at radius 1 is 1.22 bits per heavy atom. The van der Waals surface area contributed by atoms with E-state index in [1.165, 1.54) is 9.80 Å². The number of aliphatic hydroxyl groups excluding tert-OH is 1. The molecule has 2 N–H and O–H groups in total. The number of benzene rings is 2. The van der Waals surface area contributed by atoms with E-state index in [4.69, 9.17) is 4.74 Å². The Labute approximate surface area is 244 Å². The fourth-order valence-electron chi connectivity index (χ4n) is 6.89. The van der Waals surface area contributed by atoms with Crippen molar-refractivity contribution >= 4 is 44.7 Å². The molecule has 2 amide bonds. The molecule has 3 fully saturated rings. The van der Waals surface area contributed by atoms with Crippen molar-refractivity contribution in [3.63, 3.8) is 0 Å². The molecule has 3 aromatic rings. The molecule has 3 saturated heterocycles. The molecule has 2 bridgehead atoms. The lowest BCUT2D eigenvalue weighted by Gasteiger charge is -2.39. The zero-order chi connectivity index (χ0) is 28.9. The summed E-state index contributed by atoms with van der Waals surface area (Å²) in [5.74, 6) is -4.25. The van der Waals surface area contributed by atoms with Gasteiger partial charge < -0.3 is 24.7 Å². The summed E-state index contributed by atoms with van der Waals surface area (Å²) in [6.45, 7) is 3.57. The van der Waals surface area contributed by atoms with Crippen LogP contribution >= 0.6 is 15.9 Å². The van der Waals surface area contributed by atoms with Crippen molar-refractivity contribution in [1.29, 1.82) is 0 Å². The average Bonchev–Trinajstić information content (AvgIpc) is 3.69. The van der Waals surface area contributed by atoms with Crippen molar-refractivity contribution in [3.05, 3.63) is 72.8 Å². The van der Waals surface area contributed by atoms with E-state index < -0.39 is 60.0 Å². The van der Waals surface area contributed by atoms with Gasteiger partial charge in [-0.3, -0.25) is 14.4 Å². The van der Waals surface area contributed by atoms with Gasteiger partial charge in [0.05, 0.1) is 36.1 Å². The number of likely N-dealkylation sites (tertiary alicyclic amines) is 1. The Morgan fingerprint density at radius 3 is 2.66 bits per heavy atom. The van der Waals surface area contributed by atoms with Crippen LogP contribution in [0.2, 0.25) is 0 Å². The number of carbonyl (C=O) groups excluding carboxylic acids is 2. The molecule has 0 saturated carbocycles. The van der Waals surface area contributed by atoms with E-state index in [2.05, 4.69) is 32.8 Å². The van der Waals surface area contributed by atoms with Crippen LogP contribution in [0.4, 0.5) is 0 Å². The molecule has 11 nitrogen and oxygen atoms in total. The SMILES string of the molecule is C=CCN(Cn1nnc2ccccc21)C(=O)C1N([C@@H](CO)Cc2ccccc2)C(=O)[C@@H]2[C@@H](C(=O)O)[C@@H]3OC12CC3Br. The molecule has 41 heavy (non-hydrogen) atoms. The Hall–Kier alpha value is -3.61. The molecule has 4 heterocycles. The quantitative estimate of drug-likeness (QED) is 0.258. The standard InChI is InChI=1S/C29H30BrN5O6/c1-2-12-33(16-34-21-11-7-6-10-20(21)31-32-34)27(38)25-29-14-19(30)24(41-29)22(28(39)40)23(29)26(37)35(25)18(15-36)13-17-8-4-3-5-9-17/h2-11,18-19,22-25,36H,1,12-16H2,(H,39,40)/t18-,19?,22-,23+,24-,25?,29?/m1/s1. The van der Waals surface area contributed by atoms with Gasteiger partial charge in [-0.1, -0.05) is 69.7 Å². The van der Waals surface area contributed by atoms with Gasteiger partial charge in [0.25, 0.3) is 0 Å². The van der Waals surface area contributed by atoms with Crippen LogP contribution in [0.15, 0.2) is 67.3 Å². The number of amides is 2. The molecule has 1 aromatic heterocycles. The average molecular weight is 624 g/mol. The number of rotatable bonds is 10. The highest BCUT2D eigenvalue weighted by atomic mass is 79.9. The highest BCUT2D eigenvalue weighted by molar-refractivity contribution is 9.09. The van der Waals surface area contributed by atoms with Crippen molar-refractivity contribution in [2.24, 2.45) is 11.8 Å². The zero-order valence-corrected chi connectivity index (χ0v) is 23.7. The molecule has 7 atom stereocenters. The number of aliphatic hydroxyl groups is 1. The number of carboxylic acid groups (broad SMARTS) is 1. The number of para-hydroxylation sites is 1. The van der Waals surface area contributed by atoms with E-state index in [9.17, 15) is 24.6 Å². The first-order valence-electron chi connectivity index (χ1n) is 13.5. The minimum absolute atomic E-state index is 0.0245. The fourth-order valence-corrected chi connectivity index (χ4v) is 7.83. The molecule has 3 unspecified atom stereocenters. The predicted molar refractivity (Wildman–Crippen MR) is 151 cm³/mol. The minimum atomic E-state index is -1.37. The summed E-state index contributed by atoms with van der Waals surface area (Å²) in [6.07, 6.45) is 1.39. The summed E-state index contributed by atoms with van der Waals surface area (Å²) in [6, 6.07) is 14.8. The molecule has 12 heteroatoms. The van der Waals surface area contributed by atoms with Gasteiger partial charge in [0.1, 0.15) is 23.8 Å². The number of carbonyl (C=O) groups is 3. The van der Waals surface area contributed by atoms with Gasteiger partial charge >= 0.3 is 5.97 Å². The molecule has 1 spiro atoms. The smallest absolute Gasteiger partial charge is 0.310 e. The highest BCUT2D eigenvalue weighted by Crippen LogP contribution is 2.60. The van der Waals surface area contributed by atoms with Gasteiger partial charge in [0.2, 0.25) is 11.8 Å². The summed E-state index contributed by atoms with van der Waals surface area (Å²) in [5, 5.41) is 29.2. The largest absolute Gasteiger partial charge is 0.481 e. The first kappa shape index (κ1) is 27.6. The van der Waals surface area contributed by atoms with E-state index in [1.807, 2.05) is 54.6 Å². The lowest BCUT2D eigenvalue weighted by molar-refractivity contribution is -0.154. The van der Waals surface area contributed by atoms with Gasteiger partial charge in [-0.2, -0.15) is 0 Å². The summed E-state index contributed by atoms with van der Waals surface area (Å²) < 4.78 is 8.00. The van der Waals surface area contributed by atoms with Gasteiger partial charge in [-0.25, -0.2) is 4.68 Å². The third-order valence-electron chi connectivity index (χ3n) is 8.55. The third kappa shape index (κ3) is 4.36. The second kappa shape index (κ2) is 10.7. The highest BCUT2D eigenvalue weighted by Gasteiger charge is 2.77. The van der Waals surface area contributed by atoms with Gasteiger partial charge in [-0.15, -0.1) is 11.7 Å². The van der Waals surface area contributed by atoms with Gasteiger partial charge in [0.15, 0.2) is 0 Å². The Kier molecular flexibility index (Phi) is 7.16. The van der Waals surface area contributed by atoms with E-state index in [-0.39, 0.29) is 30.9 Å². The second-order valence-corrected chi connectivity index (χ2v) is 12.0. The van der Waals surface area contributed by atoms with Crippen LogP contribution in [0, 0.1) is 11.8 Å². The van der Waals surface area contributed by atoms with Crippen molar-refractivity contribution in [2.45, 2.75) is 48.1 Å². The molecule has 0 aliphatic carbocycles. The van der Waals surface area contributed by atoms with Crippen LogP contribution in [-0.4, -0.2) is 94.6 Å². The maximum Gasteiger partial charge on any atom is 0.310 e. The number of nitrogens with zero attached hydrogens (tertiary/aromatic N) is 5. The monoisotopic (exact) mass is 623 g/mol. The number of halogens is 1. The Bertz CT molecular complexity index is 1500. The van der Waals surface area contributed by atoms with Crippen LogP contribution in [0.5, 0.6) is 0 Å². The Balaban J connectivity index is 1.43. The molecular formula is C29H30BrN5O6. The minimum Gasteiger partial charge on any atom is -0.481 e. The number of ether oxygens (including phenoxy) is 1. The summed E-state index contributed by atoms with van der Waals surface area (Å²) in [7, 11) is 0. The first-order chi connectivity index (χ1) is 19.8. The molecule has 0 radical (unpaired) electrons. The van der Waals surface area contributed by atoms with Crippen molar-refractivity contribution in [1.82, 2.24) is 24.8 Å². The van der Waals surface area contributed by atoms with Crippen LogP contribution in [-0.2, 0) is 32.2 Å². The van der Waals surface area contributed by atoms with E-state index >= 15 is 0 Å². The second-order valence-electron chi connectivity index (χ2n) is 10.8. The zero-order valence-electron chi connectivity index (χ0n) is 22.1. The lowest BCUT2D eigenvalue weighted by atomic mass is 9.70. The van der Waals surface area contributed by atoms with Crippen LogP contribution in [0.3, 0.4) is 0 Å². The third-order valence-corrected chi connectivity index (χ3v) is 9.40. The van der Waals surface area contributed by atoms with Gasteiger partial charge in [-0.05, 0) is 30.5 Å². The number of aromatic nitrogens is 3. The maximum atomic E-state index is 14.6. The van der Waals surface area contributed by atoms with E-state index in [0.717, 1.165) is 11.1 Å². The predicted octanol–water partition coefficient (Wildman–Crippen LogP) is 1.84. The Morgan fingerprint density at radius 2 is 1.95 bits per heavy atom. The molecule has 2 aromatic carbocycles. The summed E-state index contributed by atoms with van der Waals surface area (Å²) in [4.78, 5) is 43.9. The van der Waals surface area contributed by atoms with Crippen LogP contribution in [0.25, 0.3) is 11.0 Å². The molecule has 214 valence electrons. The van der Waals surface area contributed by atoms with Crippen LogP contribution in [0.1, 0.15) is 12.0 Å². The lowest BCUT2D eigenvalue weighted by Crippen LogP contribution is -2.59. The summed E-state index contributed by atoms with van der Waals surface area (Å²) >= 11 is 3.57. The normalized spacial score (nSPS) is 29.1. The number of fused-ring (bicyclic) bond motifs is 2. The molecule has 3 aliphatic heterocycles. The van der Waals surface area contributed by atoms with Gasteiger partial charge in [0, 0.05) is 11.4 Å². The number of alkyl halides is 1. The van der Waals surface area contributed by atoms with E-state index in [0.29, 0.717) is 5.52 Å². The van der Waals surface area contributed by atoms with Crippen molar-refractivity contribution in [2.75, 3.05) is 13.2 Å². The molecular weight excluding hydrogens is 594 g/mol. The summed E-state index contributed by atoms with van der Waals surface area (Å²) in [5.41, 5.74) is 0.897. The topological polar surface area (TPSA) is 138 Å². The number of aliphatic carboxylic acids is 1. The van der Waals surface area contributed by atoms with Crippen molar-refractivity contribution in [3.8, 4) is 0 Å². The number of hydrogen-bond donors (Lipinski definition) is 2. The number of carboxylic acids is 1. The molecule has 6 rings (SSSR count). The number of hydrogen-bond acceptors (Lipinski definition) is 7. The fraction of sp³-hybridized carbons (Fsp3) is 0.414. The maximum absolute atomic E-state index is 14.6. The first-order valence-corrected chi connectivity index (χ1v) is 14.4. The van der Waals surface area contributed by atoms with E-state index in [1.54, 1.807) is 10.8 Å². The van der Waals surface area contributed by atoms with Crippen LogP contribution < -0.4 is 0 Å². The van der Waals surface area contributed by atoms with Crippen molar-refractivity contribution < 1.29 is 29.3 Å².